The van der Waals surface area contributed by atoms with Gasteiger partial charge < -0.3 is 9.47 Å². The van der Waals surface area contributed by atoms with Gasteiger partial charge in [0.25, 0.3) is 5.56 Å². The first-order chi connectivity index (χ1) is 17.1. The van der Waals surface area contributed by atoms with Crippen LogP contribution in [0.3, 0.4) is 0 Å². The monoisotopic (exact) mass is 503 g/mol. The van der Waals surface area contributed by atoms with Gasteiger partial charge in [0, 0.05) is 16.4 Å². The first-order valence-electron chi connectivity index (χ1n) is 12.0. The largest absolute Gasteiger partial charge is 0.328 e. The summed E-state index contributed by atoms with van der Waals surface area (Å²) in [6, 6.07) is 15.7. The minimum absolute atomic E-state index is 0.0682. The van der Waals surface area contributed by atoms with E-state index in [2.05, 4.69) is 27.4 Å². The van der Waals surface area contributed by atoms with Crippen LogP contribution in [0.5, 0.6) is 0 Å². The minimum atomic E-state index is -0.0682. The molecule has 0 saturated carbocycles. The number of nitrogens with zero attached hydrogens (tertiary/aromatic N) is 5. The third-order valence-corrected chi connectivity index (χ3v) is 8.24. The second kappa shape index (κ2) is 9.22. The van der Waals surface area contributed by atoms with Crippen LogP contribution in [0, 0.1) is 6.92 Å². The van der Waals surface area contributed by atoms with Gasteiger partial charge in [-0.15, -0.1) is 11.3 Å². The molecule has 1 aliphatic heterocycles. The van der Waals surface area contributed by atoms with Gasteiger partial charge in [-0.2, -0.15) is 0 Å². The third kappa shape index (κ3) is 4.29. The fourth-order valence-electron chi connectivity index (χ4n) is 4.98. The Bertz CT molecular complexity index is 1580. The predicted octanol–water partition coefficient (Wildman–Crippen LogP) is 5.91. The third-order valence-electron chi connectivity index (χ3n) is 6.82. The number of hydrogen-bond acceptors (Lipinski definition) is 5. The Hall–Kier alpha value is -3.00. The molecule has 178 valence electrons. The molecule has 2 aromatic carbocycles. The first kappa shape index (κ1) is 22.5. The highest BCUT2D eigenvalue weighted by Crippen LogP contribution is 2.31. The maximum Gasteiger partial charge on any atom is 0.275 e. The normalized spacial score (nSPS) is 14.5. The molecule has 0 amide bonds. The Labute approximate surface area is 212 Å². The van der Waals surface area contributed by atoms with E-state index in [0.717, 1.165) is 52.5 Å². The lowest BCUT2D eigenvalue weighted by molar-refractivity contribution is 0.325. The molecular formula is C27H26ClN5OS. The van der Waals surface area contributed by atoms with Crippen LogP contribution in [-0.4, -0.2) is 43.6 Å². The van der Waals surface area contributed by atoms with Gasteiger partial charge in [0.1, 0.15) is 16.9 Å². The Morgan fingerprint density at radius 1 is 1.00 bits per heavy atom. The van der Waals surface area contributed by atoms with E-state index < -0.39 is 0 Å². The lowest BCUT2D eigenvalue weighted by Gasteiger charge is -2.15. The van der Waals surface area contributed by atoms with Crippen LogP contribution in [0.1, 0.15) is 25.1 Å². The number of hydrogen-bond donors (Lipinski definition) is 0. The molecule has 1 aliphatic rings. The second-order valence-corrected chi connectivity index (χ2v) is 10.6. The molecule has 6 rings (SSSR count). The Balaban J connectivity index is 1.30. The van der Waals surface area contributed by atoms with Crippen LogP contribution < -0.4 is 5.56 Å². The van der Waals surface area contributed by atoms with Crippen molar-refractivity contribution in [3.8, 4) is 16.1 Å². The summed E-state index contributed by atoms with van der Waals surface area (Å²) in [5.74, 6) is 1.00. The van der Waals surface area contributed by atoms with E-state index in [1.165, 1.54) is 37.3 Å². The van der Waals surface area contributed by atoms with Gasteiger partial charge in [-0.3, -0.25) is 9.36 Å². The number of benzene rings is 2. The van der Waals surface area contributed by atoms with Crippen molar-refractivity contribution in [2.45, 2.75) is 32.7 Å². The summed E-state index contributed by atoms with van der Waals surface area (Å²) in [5.41, 5.74) is 4.45. The molecule has 0 radical (unpaired) electrons. The zero-order chi connectivity index (χ0) is 23.9. The summed E-state index contributed by atoms with van der Waals surface area (Å²) in [5, 5.41) is 0.690. The summed E-state index contributed by atoms with van der Waals surface area (Å²) in [7, 11) is 0. The van der Waals surface area contributed by atoms with Crippen molar-refractivity contribution in [2.24, 2.45) is 0 Å². The summed E-state index contributed by atoms with van der Waals surface area (Å²) >= 11 is 7.48. The van der Waals surface area contributed by atoms with Crippen molar-refractivity contribution in [3.05, 3.63) is 76.1 Å². The number of imidazole rings is 1. The lowest BCUT2D eigenvalue weighted by Crippen LogP contribution is -2.21. The fraction of sp³-hybridized carbons (Fsp3) is 0.296. The van der Waals surface area contributed by atoms with E-state index in [9.17, 15) is 4.79 Å². The van der Waals surface area contributed by atoms with Crippen molar-refractivity contribution < 1.29 is 0 Å². The standard InChI is InChI=1S/C27H26ClN5OS/c1-18-30-22-15-21(9-10-24(22)32(18)14-4-13-31-11-2-3-12-31)33-17-29-23-16-25(35-26(23)27(33)34)19-5-7-20(28)8-6-19/h5-10,15-17H,2-4,11-14H2,1H3. The van der Waals surface area contributed by atoms with E-state index in [4.69, 9.17) is 16.6 Å². The van der Waals surface area contributed by atoms with Gasteiger partial charge in [0.05, 0.1) is 22.2 Å². The van der Waals surface area contributed by atoms with Crippen molar-refractivity contribution in [1.82, 2.24) is 24.0 Å². The van der Waals surface area contributed by atoms with Gasteiger partial charge in [0.15, 0.2) is 0 Å². The van der Waals surface area contributed by atoms with Crippen molar-refractivity contribution in [1.29, 1.82) is 0 Å². The van der Waals surface area contributed by atoms with Crippen LogP contribution in [0.25, 0.3) is 37.4 Å². The van der Waals surface area contributed by atoms with Gasteiger partial charge in [-0.1, -0.05) is 23.7 Å². The zero-order valence-corrected chi connectivity index (χ0v) is 21.1. The van der Waals surface area contributed by atoms with E-state index in [1.54, 1.807) is 10.9 Å². The highest BCUT2D eigenvalue weighted by molar-refractivity contribution is 7.22. The quantitative estimate of drug-likeness (QED) is 0.289. The molecule has 5 aromatic rings. The number of likely N-dealkylation sites (tertiary alicyclic amines) is 1. The highest BCUT2D eigenvalue weighted by Gasteiger charge is 2.15. The topological polar surface area (TPSA) is 56.0 Å². The van der Waals surface area contributed by atoms with Gasteiger partial charge in [-0.25, -0.2) is 9.97 Å². The number of rotatable bonds is 6. The molecule has 6 nitrogen and oxygen atoms in total. The number of aryl methyl sites for hydroxylation is 2. The molecule has 0 N–H and O–H groups in total. The SMILES string of the molecule is Cc1nc2cc(-n3cnc4cc(-c5ccc(Cl)cc5)sc4c3=O)ccc2n1CCCN1CCCC1. The van der Waals surface area contributed by atoms with Crippen molar-refractivity contribution in [3.63, 3.8) is 0 Å². The van der Waals surface area contributed by atoms with Gasteiger partial charge >= 0.3 is 0 Å². The average Bonchev–Trinajstić information content (AvgIpc) is 3.59. The molecule has 0 bridgehead atoms. The number of thiophene rings is 1. The van der Waals surface area contributed by atoms with Crippen LogP contribution in [0.4, 0.5) is 0 Å². The molecule has 0 atom stereocenters. The predicted molar refractivity (Wildman–Crippen MR) is 144 cm³/mol. The summed E-state index contributed by atoms with van der Waals surface area (Å²) in [4.78, 5) is 26.3. The second-order valence-electron chi connectivity index (χ2n) is 9.14. The smallest absolute Gasteiger partial charge is 0.275 e. The molecule has 8 heteroatoms. The van der Waals surface area contributed by atoms with E-state index >= 15 is 0 Å². The van der Waals surface area contributed by atoms with Crippen molar-refractivity contribution >= 4 is 44.2 Å². The Morgan fingerprint density at radius 2 is 1.80 bits per heavy atom. The molecule has 0 unspecified atom stereocenters. The van der Waals surface area contributed by atoms with Crippen LogP contribution >= 0.6 is 22.9 Å². The minimum Gasteiger partial charge on any atom is -0.328 e. The molecule has 0 aliphatic carbocycles. The summed E-state index contributed by atoms with van der Waals surface area (Å²) in [6.45, 7) is 6.60. The fourth-order valence-corrected chi connectivity index (χ4v) is 6.15. The van der Waals surface area contributed by atoms with Crippen LogP contribution in [-0.2, 0) is 6.54 Å². The molecular weight excluding hydrogens is 478 g/mol. The Morgan fingerprint density at radius 3 is 2.60 bits per heavy atom. The van der Waals surface area contributed by atoms with Crippen molar-refractivity contribution in [2.75, 3.05) is 19.6 Å². The van der Waals surface area contributed by atoms with E-state index in [-0.39, 0.29) is 5.56 Å². The zero-order valence-electron chi connectivity index (χ0n) is 19.6. The molecule has 4 heterocycles. The summed E-state index contributed by atoms with van der Waals surface area (Å²) in [6.07, 6.45) is 5.37. The molecule has 1 saturated heterocycles. The maximum absolute atomic E-state index is 13.4. The average molecular weight is 504 g/mol. The van der Waals surface area contributed by atoms with Crippen LogP contribution in [0.2, 0.25) is 5.02 Å². The molecule has 3 aromatic heterocycles. The Kier molecular flexibility index (Phi) is 5.92. The number of fused-ring (bicyclic) bond motifs is 2. The van der Waals surface area contributed by atoms with Crippen LogP contribution in [0.15, 0.2) is 59.7 Å². The van der Waals surface area contributed by atoms with E-state index in [0.29, 0.717) is 15.2 Å². The van der Waals surface area contributed by atoms with Gasteiger partial charge in [0.2, 0.25) is 0 Å². The number of aromatic nitrogens is 4. The van der Waals surface area contributed by atoms with Gasteiger partial charge in [-0.05, 0) is 87.8 Å². The molecule has 1 fully saturated rings. The highest BCUT2D eigenvalue weighted by atomic mass is 35.5. The first-order valence-corrected chi connectivity index (χ1v) is 13.2. The maximum atomic E-state index is 13.4. The summed E-state index contributed by atoms with van der Waals surface area (Å²) < 4.78 is 4.55. The van der Waals surface area contributed by atoms with E-state index in [1.807, 2.05) is 42.5 Å². The number of halogens is 1. The lowest BCUT2D eigenvalue weighted by atomic mass is 10.2. The molecule has 0 spiro atoms. The molecule has 35 heavy (non-hydrogen) atoms.